The van der Waals surface area contributed by atoms with Crippen LogP contribution < -0.4 is 5.32 Å². The SMILES string of the molecule is COC(=O)C(NCCCN=[N+]=[N-])c1cncs1. The number of rotatable bonds is 7. The van der Waals surface area contributed by atoms with Crippen LogP contribution in [0.25, 0.3) is 10.4 Å². The first-order chi connectivity index (χ1) is 8.29. The lowest BCUT2D eigenvalue weighted by Gasteiger charge is -2.13. The maximum Gasteiger partial charge on any atom is 0.328 e. The maximum atomic E-state index is 11.5. The van der Waals surface area contributed by atoms with Crippen LogP contribution in [0.15, 0.2) is 16.8 Å². The summed E-state index contributed by atoms with van der Waals surface area (Å²) in [6.07, 6.45) is 2.29. The summed E-state index contributed by atoms with van der Waals surface area (Å²) >= 11 is 1.39. The van der Waals surface area contributed by atoms with Crippen LogP contribution in [0, 0.1) is 0 Å². The van der Waals surface area contributed by atoms with Gasteiger partial charge in [-0.25, -0.2) is 4.79 Å². The van der Waals surface area contributed by atoms with E-state index in [9.17, 15) is 4.79 Å². The molecule has 1 heterocycles. The van der Waals surface area contributed by atoms with Crippen molar-refractivity contribution in [3.63, 3.8) is 0 Å². The molecule has 92 valence electrons. The van der Waals surface area contributed by atoms with Gasteiger partial charge in [0.15, 0.2) is 0 Å². The van der Waals surface area contributed by atoms with Crippen molar-refractivity contribution in [1.29, 1.82) is 0 Å². The maximum absolute atomic E-state index is 11.5. The summed E-state index contributed by atoms with van der Waals surface area (Å²) in [5.41, 5.74) is 9.77. The lowest BCUT2D eigenvalue weighted by Crippen LogP contribution is -2.30. The molecular formula is C9H13N5O2S. The second-order valence-corrected chi connectivity index (χ2v) is 4.04. The summed E-state index contributed by atoms with van der Waals surface area (Å²) in [5.74, 6) is -0.349. The number of ether oxygens (including phenoxy) is 1. The lowest BCUT2D eigenvalue weighted by atomic mass is 10.2. The van der Waals surface area contributed by atoms with E-state index < -0.39 is 6.04 Å². The molecule has 0 bridgehead atoms. The van der Waals surface area contributed by atoms with Gasteiger partial charge < -0.3 is 4.74 Å². The van der Waals surface area contributed by atoms with Gasteiger partial charge in [-0.05, 0) is 18.5 Å². The molecule has 0 amide bonds. The fraction of sp³-hybridized carbons (Fsp3) is 0.556. The van der Waals surface area contributed by atoms with Crippen LogP contribution in [0.4, 0.5) is 0 Å². The zero-order valence-corrected chi connectivity index (χ0v) is 10.2. The number of carbonyl (C=O) groups is 1. The molecule has 0 saturated carbocycles. The number of azide groups is 1. The van der Waals surface area contributed by atoms with E-state index in [1.54, 1.807) is 11.7 Å². The molecule has 1 atom stereocenters. The first-order valence-corrected chi connectivity index (χ1v) is 5.88. The molecule has 1 N–H and O–H groups in total. The van der Waals surface area contributed by atoms with Crippen molar-refractivity contribution in [1.82, 2.24) is 10.3 Å². The summed E-state index contributed by atoms with van der Waals surface area (Å²) in [4.78, 5) is 18.9. The Morgan fingerprint density at radius 1 is 1.82 bits per heavy atom. The zero-order chi connectivity index (χ0) is 12.5. The van der Waals surface area contributed by atoms with Gasteiger partial charge in [-0.1, -0.05) is 5.11 Å². The van der Waals surface area contributed by atoms with Crippen LogP contribution in [-0.2, 0) is 9.53 Å². The highest BCUT2D eigenvalue weighted by molar-refractivity contribution is 7.09. The Morgan fingerprint density at radius 3 is 3.24 bits per heavy atom. The van der Waals surface area contributed by atoms with Gasteiger partial charge in [0.1, 0.15) is 6.04 Å². The largest absolute Gasteiger partial charge is 0.468 e. The molecule has 0 aromatic carbocycles. The Hall–Kier alpha value is -1.63. The highest BCUT2D eigenvalue weighted by atomic mass is 32.1. The quantitative estimate of drug-likeness (QED) is 0.263. The Bertz CT molecular complexity index is 388. The third-order valence-corrected chi connectivity index (χ3v) is 2.86. The van der Waals surface area contributed by atoms with Crippen LogP contribution in [0.3, 0.4) is 0 Å². The molecule has 1 aromatic heterocycles. The summed E-state index contributed by atoms with van der Waals surface area (Å²) in [6.45, 7) is 0.969. The third-order valence-electron chi connectivity index (χ3n) is 2.02. The molecule has 0 saturated heterocycles. The molecule has 0 aliphatic carbocycles. The number of nitrogens with one attached hydrogen (secondary N) is 1. The minimum Gasteiger partial charge on any atom is -0.468 e. The Morgan fingerprint density at radius 2 is 2.65 bits per heavy atom. The van der Waals surface area contributed by atoms with E-state index >= 15 is 0 Å². The molecule has 1 rings (SSSR count). The summed E-state index contributed by atoms with van der Waals surface area (Å²) in [7, 11) is 1.35. The number of carbonyl (C=O) groups excluding carboxylic acids is 1. The van der Waals surface area contributed by atoms with E-state index in [0.29, 0.717) is 19.5 Å². The van der Waals surface area contributed by atoms with E-state index in [-0.39, 0.29) is 5.97 Å². The van der Waals surface area contributed by atoms with Crippen molar-refractivity contribution in [2.45, 2.75) is 12.5 Å². The zero-order valence-electron chi connectivity index (χ0n) is 9.37. The average molecular weight is 255 g/mol. The van der Waals surface area contributed by atoms with Gasteiger partial charge in [-0.15, -0.1) is 11.3 Å². The molecule has 0 spiro atoms. The van der Waals surface area contributed by atoms with Crippen molar-refractivity contribution < 1.29 is 9.53 Å². The van der Waals surface area contributed by atoms with Gasteiger partial charge in [-0.2, -0.15) is 0 Å². The number of aromatic nitrogens is 1. The highest BCUT2D eigenvalue weighted by Crippen LogP contribution is 2.18. The second kappa shape index (κ2) is 7.61. The predicted molar refractivity (Wildman–Crippen MR) is 63.5 cm³/mol. The number of hydrogen-bond acceptors (Lipinski definition) is 6. The number of thiazole rings is 1. The first kappa shape index (κ1) is 13.4. The van der Waals surface area contributed by atoms with Crippen molar-refractivity contribution in [2.24, 2.45) is 5.11 Å². The molecule has 0 aliphatic rings. The third kappa shape index (κ3) is 4.39. The number of hydrogen-bond donors (Lipinski definition) is 1. The highest BCUT2D eigenvalue weighted by Gasteiger charge is 2.21. The van der Waals surface area contributed by atoms with Crippen molar-refractivity contribution in [2.75, 3.05) is 20.2 Å². The number of methoxy groups -OCH3 is 1. The minimum atomic E-state index is -0.501. The number of esters is 1. The molecular weight excluding hydrogens is 242 g/mol. The van der Waals surface area contributed by atoms with E-state index in [1.165, 1.54) is 18.4 Å². The molecule has 7 nitrogen and oxygen atoms in total. The van der Waals surface area contributed by atoms with Gasteiger partial charge in [0, 0.05) is 17.7 Å². The molecule has 8 heteroatoms. The first-order valence-electron chi connectivity index (χ1n) is 5.00. The molecule has 1 unspecified atom stereocenters. The van der Waals surface area contributed by atoms with E-state index in [1.807, 2.05) is 0 Å². The Kier molecular flexibility index (Phi) is 6.02. The van der Waals surface area contributed by atoms with Crippen LogP contribution in [0.2, 0.25) is 0 Å². The monoisotopic (exact) mass is 255 g/mol. The van der Waals surface area contributed by atoms with Crippen molar-refractivity contribution in [3.05, 3.63) is 27.0 Å². The molecule has 0 radical (unpaired) electrons. The molecule has 17 heavy (non-hydrogen) atoms. The Balaban J connectivity index is 2.48. The van der Waals surface area contributed by atoms with Crippen molar-refractivity contribution >= 4 is 17.3 Å². The number of nitrogens with zero attached hydrogens (tertiary/aromatic N) is 4. The molecule has 1 aromatic rings. The van der Waals surface area contributed by atoms with E-state index in [2.05, 4.69) is 20.3 Å². The minimum absolute atomic E-state index is 0.349. The van der Waals surface area contributed by atoms with Crippen molar-refractivity contribution in [3.8, 4) is 0 Å². The predicted octanol–water partition coefficient (Wildman–Crippen LogP) is 1.65. The van der Waals surface area contributed by atoms with Crippen LogP contribution in [0.1, 0.15) is 17.3 Å². The molecule has 0 aliphatic heterocycles. The fourth-order valence-corrected chi connectivity index (χ4v) is 1.91. The van der Waals surface area contributed by atoms with Crippen LogP contribution >= 0.6 is 11.3 Å². The fourth-order valence-electron chi connectivity index (χ4n) is 1.23. The summed E-state index contributed by atoms with van der Waals surface area (Å²) in [6, 6.07) is -0.501. The van der Waals surface area contributed by atoms with E-state index in [0.717, 1.165) is 4.88 Å². The molecule has 0 fully saturated rings. The van der Waals surface area contributed by atoms with Gasteiger partial charge in [0.05, 0.1) is 17.5 Å². The van der Waals surface area contributed by atoms with Crippen LogP contribution in [-0.4, -0.2) is 31.2 Å². The van der Waals surface area contributed by atoms with Gasteiger partial charge in [0.25, 0.3) is 0 Å². The average Bonchev–Trinajstić information content (AvgIpc) is 2.86. The summed E-state index contributed by atoms with van der Waals surface area (Å²) in [5, 5.41) is 6.46. The Labute approximate surface area is 102 Å². The van der Waals surface area contributed by atoms with Gasteiger partial charge >= 0.3 is 5.97 Å². The lowest BCUT2D eigenvalue weighted by molar-refractivity contribution is -0.143. The van der Waals surface area contributed by atoms with Gasteiger partial charge in [0.2, 0.25) is 0 Å². The topological polar surface area (TPSA) is 100.0 Å². The summed E-state index contributed by atoms with van der Waals surface area (Å²) < 4.78 is 4.71. The second-order valence-electron chi connectivity index (χ2n) is 3.12. The van der Waals surface area contributed by atoms with Crippen LogP contribution in [0.5, 0.6) is 0 Å². The smallest absolute Gasteiger partial charge is 0.328 e. The standard InChI is InChI=1S/C9H13N5O2S/c1-16-9(15)8(7-5-11-6-17-7)12-3-2-4-13-14-10/h5-6,8,12H,2-4H2,1H3. The van der Waals surface area contributed by atoms with Gasteiger partial charge in [-0.3, -0.25) is 10.3 Å². The van der Waals surface area contributed by atoms with E-state index in [4.69, 9.17) is 10.3 Å². The normalized spacial score (nSPS) is 11.6.